The van der Waals surface area contributed by atoms with Gasteiger partial charge in [-0.25, -0.2) is 9.59 Å². The molecule has 5 atom stereocenters. The van der Waals surface area contributed by atoms with E-state index in [-0.39, 0.29) is 24.5 Å². The lowest BCUT2D eigenvalue weighted by atomic mass is 9.87. The van der Waals surface area contributed by atoms with Crippen molar-refractivity contribution in [2.75, 3.05) is 40.9 Å². The zero-order valence-electron chi connectivity index (χ0n) is 24.1. The number of carbonyl (C=O) groups is 4. The second-order valence-electron chi connectivity index (χ2n) is 10.1. The Bertz CT molecular complexity index is 1140. The number of nitro benzene ring substituents is 1. The Balaban J connectivity index is 2.16. The molecular weight excluding hydrogens is 562 g/mol. The van der Waals surface area contributed by atoms with Crippen molar-refractivity contribution in [1.82, 2.24) is 10.2 Å². The summed E-state index contributed by atoms with van der Waals surface area (Å²) in [6.45, 7) is 2.16. The van der Waals surface area contributed by atoms with Crippen LogP contribution in [0.3, 0.4) is 0 Å². The summed E-state index contributed by atoms with van der Waals surface area (Å²) in [4.78, 5) is 60.2. The van der Waals surface area contributed by atoms with Crippen molar-refractivity contribution < 1.29 is 58.0 Å². The van der Waals surface area contributed by atoms with Crippen molar-refractivity contribution in [2.45, 2.75) is 57.2 Å². The van der Waals surface area contributed by atoms with E-state index in [0.717, 1.165) is 21.0 Å². The van der Waals surface area contributed by atoms with Gasteiger partial charge in [0.15, 0.2) is 17.5 Å². The Morgan fingerprint density at radius 1 is 1.17 bits per heavy atom. The van der Waals surface area contributed by atoms with Crippen molar-refractivity contribution in [1.29, 1.82) is 0 Å². The molecule has 42 heavy (non-hydrogen) atoms. The lowest BCUT2D eigenvalue weighted by molar-refractivity contribution is -0.386. The number of nitro groups is 1. The summed E-state index contributed by atoms with van der Waals surface area (Å²) in [5.74, 6) is -3.46. The minimum absolute atomic E-state index is 0.0834. The summed E-state index contributed by atoms with van der Waals surface area (Å²) in [7, 11) is 4.67. The van der Waals surface area contributed by atoms with Gasteiger partial charge in [-0.05, 0) is 38.6 Å². The molecule has 3 N–H and O–H groups in total. The van der Waals surface area contributed by atoms with Gasteiger partial charge in [0.2, 0.25) is 0 Å². The molecule has 1 aliphatic rings. The number of nitrogens with zero attached hydrogens (tertiary/aromatic N) is 2. The van der Waals surface area contributed by atoms with Gasteiger partial charge in [0.25, 0.3) is 0 Å². The number of methoxy groups -OCH3 is 1. The highest BCUT2D eigenvalue weighted by Gasteiger charge is 2.55. The molecular formula is C26H37N3O13. The fourth-order valence-corrected chi connectivity index (χ4v) is 4.11. The van der Waals surface area contributed by atoms with E-state index in [4.69, 9.17) is 18.9 Å². The van der Waals surface area contributed by atoms with Crippen LogP contribution in [0.2, 0.25) is 0 Å². The zero-order chi connectivity index (χ0) is 31.6. The van der Waals surface area contributed by atoms with Gasteiger partial charge >= 0.3 is 29.7 Å². The summed E-state index contributed by atoms with van der Waals surface area (Å²) >= 11 is 0. The number of benzene rings is 1. The number of alkyl carbamates (subject to hydrolysis) is 1. The normalized spacial score (nSPS) is 18.6. The van der Waals surface area contributed by atoms with Crippen LogP contribution in [0.4, 0.5) is 10.5 Å². The standard InChI is InChI=1S/C26H37N3O13/c1-15(30)40-14-26(42-16(2)31,23(33)22(32)24(34)38-5)12-18-11-21(18)41-20-7-6-17(10-19(20)29(36)37)13-39-25(35)27-8-9-28(3)4/h6-7,10,18,21-23,32-33H,8-9,11-14H2,1-5H3,(H,27,35). The number of aliphatic hydroxyl groups is 2. The largest absolute Gasteiger partial charge is 0.483 e. The SMILES string of the molecule is COC(=O)C(O)C(O)C(COC(C)=O)(CC1CC1Oc1ccc(COC(=O)NCCN(C)C)cc1[N+](=O)[O-])OC(C)=O. The Morgan fingerprint density at radius 3 is 2.43 bits per heavy atom. The summed E-state index contributed by atoms with van der Waals surface area (Å²) < 4.78 is 25.7. The number of hydrogen-bond donors (Lipinski definition) is 3. The molecule has 0 aromatic heterocycles. The van der Waals surface area contributed by atoms with Gasteiger partial charge in [0.1, 0.15) is 25.4 Å². The summed E-state index contributed by atoms with van der Waals surface area (Å²) in [6.07, 6.45) is -5.47. The fraction of sp³-hybridized carbons (Fsp3) is 0.615. The predicted molar refractivity (Wildman–Crippen MR) is 142 cm³/mol. The van der Waals surface area contributed by atoms with Gasteiger partial charge in [-0.3, -0.25) is 19.7 Å². The highest BCUT2D eigenvalue weighted by Crippen LogP contribution is 2.45. The van der Waals surface area contributed by atoms with Crippen molar-refractivity contribution in [2.24, 2.45) is 5.92 Å². The number of aliphatic hydroxyl groups excluding tert-OH is 2. The van der Waals surface area contributed by atoms with E-state index in [9.17, 15) is 39.5 Å². The Hall–Kier alpha value is -4.02. The quantitative estimate of drug-likeness (QED) is 0.101. The fourth-order valence-electron chi connectivity index (χ4n) is 4.11. The lowest BCUT2D eigenvalue weighted by Crippen LogP contribution is -2.57. The maximum atomic E-state index is 12.0. The highest BCUT2D eigenvalue weighted by atomic mass is 16.6. The first-order chi connectivity index (χ1) is 19.7. The Labute approximate surface area is 241 Å². The van der Waals surface area contributed by atoms with E-state index in [1.807, 2.05) is 19.0 Å². The average Bonchev–Trinajstić information content (AvgIpc) is 3.65. The molecule has 0 saturated heterocycles. The highest BCUT2D eigenvalue weighted by molar-refractivity contribution is 5.75. The minimum atomic E-state index is -2.14. The number of carbonyl (C=O) groups excluding carboxylic acids is 4. The van der Waals surface area contributed by atoms with E-state index in [1.54, 1.807) is 0 Å². The molecule has 1 fully saturated rings. The zero-order valence-corrected chi connectivity index (χ0v) is 24.1. The predicted octanol–water partition coefficient (Wildman–Crippen LogP) is 0.300. The first kappa shape index (κ1) is 34.2. The molecule has 1 aromatic carbocycles. The van der Waals surface area contributed by atoms with Crippen molar-refractivity contribution in [3.8, 4) is 5.75 Å². The Morgan fingerprint density at radius 2 is 1.86 bits per heavy atom. The number of likely N-dealkylation sites (N-methyl/N-ethyl adjacent to an activating group) is 1. The van der Waals surface area contributed by atoms with Crippen LogP contribution in [0, 0.1) is 16.0 Å². The van der Waals surface area contributed by atoms with E-state index in [1.165, 1.54) is 18.2 Å². The topological polar surface area (TPSA) is 213 Å². The van der Waals surface area contributed by atoms with E-state index in [0.29, 0.717) is 25.1 Å². The van der Waals surface area contributed by atoms with Crippen LogP contribution in [0.15, 0.2) is 18.2 Å². The first-order valence-electron chi connectivity index (χ1n) is 12.9. The van der Waals surface area contributed by atoms with Crippen LogP contribution in [0.25, 0.3) is 0 Å². The van der Waals surface area contributed by atoms with Crippen LogP contribution < -0.4 is 10.1 Å². The van der Waals surface area contributed by atoms with Gasteiger partial charge in [-0.2, -0.15) is 0 Å². The van der Waals surface area contributed by atoms with Crippen molar-refractivity contribution in [3.05, 3.63) is 33.9 Å². The molecule has 16 nitrogen and oxygen atoms in total. The maximum absolute atomic E-state index is 12.0. The number of rotatable bonds is 16. The molecule has 234 valence electrons. The van der Waals surface area contributed by atoms with Gasteiger partial charge in [0, 0.05) is 38.9 Å². The molecule has 1 aliphatic carbocycles. The molecule has 1 amide bonds. The van der Waals surface area contributed by atoms with E-state index >= 15 is 0 Å². The summed E-state index contributed by atoms with van der Waals surface area (Å²) in [5.41, 5.74) is -2.10. The molecule has 1 aromatic rings. The lowest BCUT2D eigenvalue weighted by Gasteiger charge is -2.38. The number of hydrogen-bond acceptors (Lipinski definition) is 14. The van der Waals surface area contributed by atoms with Crippen LogP contribution in [0.1, 0.15) is 32.3 Å². The molecule has 2 rings (SSSR count). The molecule has 0 bridgehead atoms. The van der Waals surface area contributed by atoms with Crippen LogP contribution in [0.5, 0.6) is 5.75 Å². The van der Waals surface area contributed by atoms with Crippen molar-refractivity contribution in [3.63, 3.8) is 0 Å². The second kappa shape index (κ2) is 15.3. The molecule has 1 saturated carbocycles. The smallest absolute Gasteiger partial charge is 0.407 e. The number of nitrogens with one attached hydrogen (secondary N) is 1. The van der Waals surface area contributed by atoms with Crippen molar-refractivity contribution >= 4 is 29.7 Å². The number of amides is 1. The number of ether oxygens (including phenoxy) is 5. The van der Waals surface area contributed by atoms with Crippen LogP contribution >= 0.6 is 0 Å². The van der Waals surface area contributed by atoms with Gasteiger partial charge in [-0.1, -0.05) is 6.07 Å². The molecule has 0 heterocycles. The summed E-state index contributed by atoms with van der Waals surface area (Å²) in [6, 6.07) is 4.05. The van der Waals surface area contributed by atoms with Crippen LogP contribution in [-0.2, 0) is 39.9 Å². The average molecular weight is 600 g/mol. The van der Waals surface area contributed by atoms with E-state index < -0.39 is 65.4 Å². The van der Waals surface area contributed by atoms with Crippen LogP contribution in [-0.4, -0.2) is 109 Å². The first-order valence-corrected chi connectivity index (χ1v) is 12.9. The molecule has 0 aliphatic heterocycles. The third-order valence-electron chi connectivity index (χ3n) is 6.31. The maximum Gasteiger partial charge on any atom is 0.407 e. The number of esters is 3. The Kier molecular flexibility index (Phi) is 12.4. The molecule has 5 unspecified atom stereocenters. The van der Waals surface area contributed by atoms with E-state index in [2.05, 4.69) is 10.1 Å². The molecule has 0 radical (unpaired) electrons. The van der Waals surface area contributed by atoms with Gasteiger partial charge in [-0.15, -0.1) is 0 Å². The minimum Gasteiger partial charge on any atom is -0.483 e. The second-order valence-corrected chi connectivity index (χ2v) is 10.1. The molecule has 16 heteroatoms. The van der Waals surface area contributed by atoms with Gasteiger partial charge in [0.05, 0.1) is 12.0 Å². The molecule has 0 spiro atoms. The van der Waals surface area contributed by atoms with Gasteiger partial charge < -0.3 is 44.1 Å². The summed E-state index contributed by atoms with van der Waals surface area (Å²) in [5, 5.41) is 35.5. The third kappa shape index (κ3) is 10.1. The third-order valence-corrected chi connectivity index (χ3v) is 6.31. The monoisotopic (exact) mass is 599 g/mol.